The second kappa shape index (κ2) is 15.8. The molecule has 0 radical (unpaired) electrons. The summed E-state index contributed by atoms with van der Waals surface area (Å²) in [6, 6.07) is 17.6. The highest BCUT2D eigenvalue weighted by molar-refractivity contribution is 6.01. The van der Waals surface area contributed by atoms with Crippen molar-refractivity contribution in [2.24, 2.45) is 5.73 Å². The minimum Gasteiger partial charge on any atom is -0.481 e. The normalized spacial score (nSPS) is 14.5. The molecule has 46 heavy (non-hydrogen) atoms. The average Bonchev–Trinajstić information content (AvgIpc) is 3.37. The molecule has 0 spiro atoms. The second-order valence-corrected chi connectivity index (χ2v) is 11.1. The van der Waals surface area contributed by atoms with Gasteiger partial charge in [0.15, 0.2) is 0 Å². The number of aliphatic carboxylic acids is 1. The van der Waals surface area contributed by atoms with Gasteiger partial charge in [0.05, 0.1) is 0 Å². The van der Waals surface area contributed by atoms with Crippen LogP contribution >= 0.6 is 0 Å². The van der Waals surface area contributed by atoms with Crippen molar-refractivity contribution in [2.45, 2.75) is 59.0 Å². The number of nitrogen functional groups attached to an aromatic ring is 1. The lowest BCUT2D eigenvalue weighted by molar-refractivity contribution is -0.143. The Morgan fingerprint density at radius 1 is 1.04 bits per heavy atom. The summed E-state index contributed by atoms with van der Waals surface area (Å²) in [5.41, 5.74) is 10.5. The van der Waals surface area contributed by atoms with Gasteiger partial charge in [-0.2, -0.15) is 0 Å². The zero-order valence-electron chi connectivity index (χ0n) is 26.1. The van der Waals surface area contributed by atoms with Crippen LogP contribution < -0.4 is 21.3 Å². The standard InChI is InChI=1S/C32H37FN6O3.C2H4O2/c1-2-42-32(39-20-24-12-13-25(17-26(24)31(39)41)38-14-6-3-7-15-38)30(40)37-19-23-11-10-21(29(34)35)16-28(23)36-18-22-8-4-5-9-27(22)33;1-2(3)4/h4-5,8-13,16-17,32,36H,2-3,6-7,14-15,18-20H2,1H3,(H3,34,35)(H,37,40);1H3,(H,3,4). The van der Waals surface area contributed by atoms with Crippen molar-refractivity contribution in [1.82, 2.24) is 10.2 Å². The predicted octanol–water partition coefficient (Wildman–Crippen LogP) is 4.44. The Labute approximate surface area is 268 Å². The number of rotatable bonds is 11. The summed E-state index contributed by atoms with van der Waals surface area (Å²) in [6.45, 7) is 5.68. The van der Waals surface area contributed by atoms with Crippen LogP contribution in [0.1, 0.15) is 65.7 Å². The summed E-state index contributed by atoms with van der Waals surface area (Å²) >= 11 is 0. The first-order valence-electron chi connectivity index (χ1n) is 15.3. The van der Waals surface area contributed by atoms with Crippen LogP contribution in [0.15, 0.2) is 60.7 Å². The fourth-order valence-corrected chi connectivity index (χ4v) is 5.48. The summed E-state index contributed by atoms with van der Waals surface area (Å²) in [5, 5.41) is 21.3. The maximum Gasteiger partial charge on any atom is 0.300 e. The smallest absolute Gasteiger partial charge is 0.300 e. The van der Waals surface area contributed by atoms with Crippen molar-refractivity contribution in [3.8, 4) is 0 Å². The van der Waals surface area contributed by atoms with E-state index in [1.165, 1.54) is 17.4 Å². The molecule has 0 aliphatic carbocycles. The van der Waals surface area contributed by atoms with Gasteiger partial charge in [0, 0.05) is 74.3 Å². The van der Waals surface area contributed by atoms with Crippen LogP contribution in [0.25, 0.3) is 0 Å². The van der Waals surface area contributed by atoms with Crippen LogP contribution in [0.4, 0.5) is 15.8 Å². The van der Waals surface area contributed by atoms with E-state index in [2.05, 4.69) is 21.6 Å². The lowest BCUT2D eigenvalue weighted by Crippen LogP contribution is -2.48. The van der Waals surface area contributed by atoms with Gasteiger partial charge < -0.3 is 36.0 Å². The van der Waals surface area contributed by atoms with Crippen LogP contribution in [-0.2, 0) is 34.0 Å². The first-order chi connectivity index (χ1) is 22.1. The fraction of sp³-hybridized carbons (Fsp3) is 0.353. The zero-order chi connectivity index (χ0) is 33.2. The molecule has 12 heteroatoms. The number of halogens is 1. The van der Waals surface area contributed by atoms with E-state index in [0.717, 1.165) is 44.1 Å². The minimum absolute atomic E-state index is 0.105. The molecule has 2 amide bonds. The molecule has 2 aliphatic rings. The van der Waals surface area contributed by atoms with Crippen molar-refractivity contribution < 1.29 is 28.6 Å². The number of carbonyl (C=O) groups is 3. The number of nitrogens with two attached hydrogens (primary N) is 1. The van der Waals surface area contributed by atoms with Gasteiger partial charge in [-0.1, -0.05) is 36.4 Å². The molecule has 11 nitrogen and oxygen atoms in total. The van der Waals surface area contributed by atoms with Crippen molar-refractivity contribution >= 4 is 35.0 Å². The molecule has 1 saturated heterocycles. The predicted molar refractivity (Wildman–Crippen MR) is 174 cm³/mol. The van der Waals surface area contributed by atoms with Gasteiger partial charge in [-0.25, -0.2) is 4.39 Å². The maximum absolute atomic E-state index is 14.2. The molecule has 2 heterocycles. The third-order valence-corrected chi connectivity index (χ3v) is 7.78. The van der Waals surface area contributed by atoms with E-state index < -0.39 is 18.1 Å². The van der Waals surface area contributed by atoms with E-state index in [4.69, 9.17) is 25.8 Å². The number of nitrogens with one attached hydrogen (secondary N) is 3. The van der Waals surface area contributed by atoms with Crippen molar-refractivity contribution in [3.63, 3.8) is 0 Å². The quantitative estimate of drug-likeness (QED) is 0.153. The van der Waals surface area contributed by atoms with E-state index in [-0.39, 0.29) is 43.8 Å². The first kappa shape index (κ1) is 33.9. The topological polar surface area (TPSA) is 161 Å². The minimum atomic E-state index is -1.10. The lowest BCUT2D eigenvalue weighted by Gasteiger charge is -2.29. The number of nitrogens with zero attached hydrogens (tertiary/aromatic N) is 2. The largest absolute Gasteiger partial charge is 0.481 e. The Hall–Kier alpha value is -4.97. The number of piperidine rings is 1. The highest BCUT2D eigenvalue weighted by Crippen LogP contribution is 2.30. The molecule has 0 saturated carbocycles. The molecule has 3 aromatic rings. The molecule has 1 unspecified atom stereocenters. The van der Waals surface area contributed by atoms with Crippen LogP contribution in [0.3, 0.4) is 0 Å². The number of amides is 2. The average molecular weight is 633 g/mol. The Bertz CT molecular complexity index is 1570. The van der Waals surface area contributed by atoms with Crippen molar-refractivity contribution in [3.05, 3.63) is 94.3 Å². The monoisotopic (exact) mass is 632 g/mol. The Morgan fingerprint density at radius 3 is 2.43 bits per heavy atom. The molecule has 2 aliphatic heterocycles. The number of hydrogen-bond donors (Lipinski definition) is 5. The number of hydrogen-bond acceptors (Lipinski definition) is 7. The third-order valence-electron chi connectivity index (χ3n) is 7.78. The van der Waals surface area contributed by atoms with E-state index in [1.807, 2.05) is 12.1 Å². The van der Waals surface area contributed by atoms with E-state index in [1.54, 1.807) is 43.3 Å². The Morgan fingerprint density at radius 2 is 1.76 bits per heavy atom. The Balaban J connectivity index is 0.00000113. The van der Waals surface area contributed by atoms with E-state index in [0.29, 0.717) is 27.9 Å². The highest BCUT2D eigenvalue weighted by Gasteiger charge is 2.37. The van der Waals surface area contributed by atoms with Crippen LogP contribution in [-0.4, -0.2) is 59.6 Å². The summed E-state index contributed by atoms with van der Waals surface area (Å²) in [6.07, 6.45) is 2.41. The van der Waals surface area contributed by atoms with Crippen LogP contribution in [0.2, 0.25) is 0 Å². The van der Waals surface area contributed by atoms with Gasteiger partial charge >= 0.3 is 0 Å². The zero-order valence-corrected chi connectivity index (χ0v) is 26.1. The maximum atomic E-state index is 14.2. The molecule has 5 rings (SSSR count). The molecule has 0 bridgehead atoms. The van der Waals surface area contributed by atoms with E-state index >= 15 is 0 Å². The molecule has 6 N–H and O–H groups in total. The van der Waals surface area contributed by atoms with Gasteiger partial charge in [0.25, 0.3) is 17.8 Å². The molecule has 3 aromatic carbocycles. The van der Waals surface area contributed by atoms with Crippen molar-refractivity contribution in [2.75, 3.05) is 29.9 Å². The molecule has 0 aromatic heterocycles. The number of fused-ring (bicyclic) bond motifs is 1. The number of anilines is 2. The summed E-state index contributed by atoms with van der Waals surface area (Å²) in [5.74, 6) is -1.94. The van der Waals surface area contributed by atoms with Crippen LogP contribution in [0, 0.1) is 11.2 Å². The Kier molecular flexibility index (Phi) is 11.7. The number of carboxylic acids is 1. The number of ether oxygens (including phenoxy) is 1. The third kappa shape index (κ3) is 8.60. The second-order valence-electron chi connectivity index (χ2n) is 11.1. The van der Waals surface area contributed by atoms with Gasteiger partial charge in [0.1, 0.15) is 11.7 Å². The molecule has 1 atom stereocenters. The van der Waals surface area contributed by atoms with E-state index in [9.17, 15) is 14.0 Å². The number of carbonyl (C=O) groups excluding carboxylic acids is 2. The van der Waals surface area contributed by atoms with Crippen LogP contribution in [0.5, 0.6) is 0 Å². The summed E-state index contributed by atoms with van der Waals surface area (Å²) in [7, 11) is 0. The lowest BCUT2D eigenvalue weighted by atomic mass is 10.1. The molecular formula is C34H41FN6O5. The molecular weight excluding hydrogens is 591 g/mol. The van der Waals surface area contributed by atoms with Gasteiger partial charge in [-0.15, -0.1) is 0 Å². The molecule has 1 fully saturated rings. The number of amidine groups is 1. The molecule has 244 valence electrons. The van der Waals surface area contributed by atoms with Gasteiger partial charge in [-0.3, -0.25) is 19.8 Å². The van der Waals surface area contributed by atoms with Gasteiger partial charge in [0.2, 0.25) is 6.23 Å². The first-order valence-corrected chi connectivity index (χ1v) is 15.3. The summed E-state index contributed by atoms with van der Waals surface area (Å²) < 4.78 is 20.0. The SMILES string of the molecule is CC(=O)O.CCOC(C(=O)NCc1ccc(C(=N)N)cc1NCc1ccccc1F)N1Cc2ccc(N3CCCCC3)cc2C1=O. The van der Waals surface area contributed by atoms with Gasteiger partial charge in [-0.05, 0) is 61.6 Å². The van der Waals surface area contributed by atoms with Crippen molar-refractivity contribution in [1.29, 1.82) is 5.41 Å². The number of benzene rings is 3. The highest BCUT2D eigenvalue weighted by atomic mass is 19.1. The fourth-order valence-electron chi connectivity index (χ4n) is 5.48. The summed E-state index contributed by atoms with van der Waals surface area (Å²) in [4.78, 5) is 39.7. The number of carboxylic acid groups (broad SMARTS) is 1.